The summed E-state index contributed by atoms with van der Waals surface area (Å²) in [4.78, 5) is 11.3. The van der Waals surface area contributed by atoms with Gasteiger partial charge in [0.1, 0.15) is 5.75 Å². The number of ketones is 1. The van der Waals surface area contributed by atoms with Crippen LogP contribution in [-0.4, -0.2) is 17.7 Å². The van der Waals surface area contributed by atoms with E-state index in [0.29, 0.717) is 12.2 Å². The molecule has 0 aliphatic carbocycles. The van der Waals surface area contributed by atoms with Gasteiger partial charge in [-0.05, 0) is 31.9 Å². The molecule has 0 aliphatic rings. The Bertz CT molecular complexity index is 389. The maximum absolute atomic E-state index is 11.3. The van der Waals surface area contributed by atoms with Crippen molar-refractivity contribution in [3.63, 3.8) is 0 Å². The maximum atomic E-state index is 11.3. The highest BCUT2D eigenvalue weighted by molar-refractivity contribution is 9.09. The Kier molecular flexibility index (Phi) is 5.86. The molecule has 1 rings (SSSR count). The Balaban J connectivity index is 2.73. The van der Waals surface area contributed by atoms with Crippen LogP contribution in [0.2, 0.25) is 0 Å². The summed E-state index contributed by atoms with van der Waals surface area (Å²) in [6.45, 7) is 6.60. The van der Waals surface area contributed by atoms with Crippen LogP contribution in [0.15, 0.2) is 24.3 Å². The van der Waals surface area contributed by atoms with Crippen molar-refractivity contribution in [3.8, 4) is 5.75 Å². The quantitative estimate of drug-likeness (QED) is 0.548. The Labute approximate surface area is 118 Å². The number of rotatable bonds is 7. The fraction of sp³-hybridized carbons (Fsp3) is 0.533. The van der Waals surface area contributed by atoms with Crippen molar-refractivity contribution in [1.29, 1.82) is 0 Å². The van der Waals surface area contributed by atoms with Gasteiger partial charge < -0.3 is 4.74 Å². The molecule has 1 aromatic rings. The number of carbonyl (C=O) groups is 1. The largest absolute Gasteiger partial charge is 0.493 e. The Morgan fingerprint density at radius 1 is 1.33 bits per heavy atom. The third-order valence-electron chi connectivity index (χ3n) is 3.57. The van der Waals surface area contributed by atoms with Gasteiger partial charge in [-0.25, -0.2) is 0 Å². The van der Waals surface area contributed by atoms with Crippen LogP contribution < -0.4 is 4.74 Å². The van der Waals surface area contributed by atoms with Gasteiger partial charge in [0.15, 0.2) is 5.78 Å². The number of Topliss-reactive ketones (excluding diaryl/α,β-unsaturated/α-hetero) is 1. The SMILES string of the molecule is CCC(CC)(CBr)COc1cccc(C(C)=O)c1. The van der Waals surface area contributed by atoms with Crippen LogP contribution in [0, 0.1) is 5.41 Å². The van der Waals surface area contributed by atoms with Crippen LogP contribution in [0.25, 0.3) is 0 Å². The second kappa shape index (κ2) is 6.93. The molecule has 0 aliphatic heterocycles. The second-order valence-electron chi connectivity index (χ2n) is 4.71. The predicted octanol–water partition coefficient (Wildman–Crippen LogP) is 4.47. The van der Waals surface area contributed by atoms with Crippen molar-refractivity contribution in [1.82, 2.24) is 0 Å². The first kappa shape index (κ1) is 15.2. The topological polar surface area (TPSA) is 26.3 Å². The van der Waals surface area contributed by atoms with Gasteiger partial charge in [-0.1, -0.05) is 41.9 Å². The van der Waals surface area contributed by atoms with Crippen molar-refractivity contribution < 1.29 is 9.53 Å². The average Bonchev–Trinajstić information content (AvgIpc) is 2.41. The molecule has 0 saturated carbocycles. The molecule has 0 N–H and O–H groups in total. The standard InChI is InChI=1S/C15H21BrO2/c1-4-15(5-2,10-16)11-18-14-8-6-7-13(9-14)12(3)17/h6-9H,4-5,10-11H2,1-3H3. The van der Waals surface area contributed by atoms with Gasteiger partial charge in [0.25, 0.3) is 0 Å². The molecular weight excluding hydrogens is 292 g/mol. The third-order valence-corrected chi connectivity index (χ3v) is 4.76. The van der Waals surface area contributed by atoms with E-state index in [1.54, 1.807) is 6.92 Å². The summed E-state index contributed by atoms with van der Waals surface area (Å²) in [6.07, 6.45) is 2.14. The van der Waals surface area contributed by atoms with Crippen molar-refractivity contribution >= 4 is 21.7 Å². The first-order valence-corrected chi connectivity index (χ1v) is 7.49. The molecule has 0 atom stereocenters. The van der Waals surface area contributed by atoms with Gasteiger partial charge in [-0.15, -0.1) is 0 Å². The van der Waals surface area contributed by atoms with Gasteiger partial charge in [-0.3, -0.25) is 4.79 Å². The molecule has 0 bridgehead atoms. The number of ether oxygens (including phenoxy) is 1. The molecule has 3 heteroatoms. The fourth-order valence-electron chi connectivity index (χ4n) is 1.72. The van der Waals surface area contributed by atoms with Crippen LogP contribution in [0.1, 0.15) is 44.0 Å². The van der Waals surface area contributed by atoms with E-state index in [-0.39, 0.29) is 11.2 Å². The lowest BCUT2D eigenvalue weighted by Crippen LogP contribution is -2.29. The monoisotopic (exact) mass is 312 g/mol. The van der Waals surface area contributed by atoms with Gasteiger partial charge in [0.05, 0.1) is 6.61 Å². The number of hydrogen-bond acceptors (Lipinski definition) is 2. The van der Waals surface area contributed by atoms with E-state index in [9.17, 15) is 4.79 Å². The van der Waals surface area contributed by atoms with Crippen LogP contribution >= 0.6 is 15.9 Å². The average molecular weight is 313 g/mol. The Morgan fingerprint density at radius 2 is 2.00 bits per heavy atom. The van der Waals surface area contributed by atoms with E-state index in [4.69, 9.17) is 4.74 Å². The van der Waals surface area contributed by atoms with Crippen molar-refractivity contribution in [3.05, 3.63) is 29.8 Å². The predicted molar refractivity (Wildman–Crippen MR) is 78.8 cm³/mol. The lowest BCUT2D eigenvalue weighted by Gasteiger charge is -2.29. The minimum absolute atomic E-state index is 0.0678. The molecule has 0 amide bonds. The molecule has 0 heterocycles. The van der Waals surface area contributed by atoms with Gasteiger partial charge >= 0.3 is 0 Å². The van der Waals surface area contributed by atoms with E-state index in [1.807, 2.05) is 24.3 Å². The molecule has 0 saturated heterocycles. The zero-order valence-electron chi connectivity index (χ0n) is 11.3. The first-order chi connectivity index (χ1) is 8.56. The van der Waals surface area contributed by atoms with Crippen LogP contribution in [0.5, 0.6) is 5.75 Å². The maximum Gasteiger partial charge on any atom is 0.159 e. The number of halogens is 1. The molecule has 18 heavy (non-hydrogen) atoms. The highest BCUT2D eigenvalue weighted by Gasteiger charge is 2.25. The fourth-order valence-corrected chi connectivity index (χ4v) is 2.68. The molecule has 0 radical (unpaired) electrons. The smallest absolute Gasteiger partial charge is 0.159 e. The zero-order valence-corrected chi connectivity index (χ0v) is 12.9. The van der Waals surface area contributed by atoms with Gasteiger partial charge in [-0.2, -0.15) is 0 Å². The second-order valence-corrected chi connectivity index (χ2v) is 5.27. The number of benzene rings is 1. The summed E-state index contributed by atoms with van der Waals surface area (Å²) in [7, 11) is 0. The van der Waals surface area contributed by atoms with Gasteiger partial charge in [0, 0.05) is 16.3 Å². The summed E-state index contributed by atoms with van der Waals surface area (Å²) in [5, 5.41) is 0.930. The number of carbonyl (C=O) groups excluding carboxylic acids is 1. The Morgan fingerprint density at radius 3 is 2.50 bits per heavy atom. The van der Waals surface area contributed by atoms with Crippen LogP contribution in [-0.2, 0) is 0 Å². The molecule has 0 spiro atoms. The highest BCUT2D eigenvalue weighted by atomic mass is 79.9. The summed E-state index contributed by atoms with van der Waals surface area (Å²) in [5.41, 5.74) is 0.872. The summed E-state index contributed by atoms with van der Waals surface area (Å²) in [5.74, 6) is 0.841. The third kappa shape index (κ3) is 3.84. The van der Waals surface area contributed by atoms with E-state index in [0.717, 1.165) is 23.9 Å². The van der Waals surface area contributed by atoms with E-state index >= 15 is 0 Å². The summed E-state index contributed by atoms with van der Waals surface area (Å²) < 4.78 is 5.85. The van der Waals surface area contributed by atoms with Crippen molar-refractivity contribution in [2.45, 2.75) is 33.6 Å². The van der Waals surface area contributed by atoms with Crippen molar-refractivity contribution in [2.75, 3.05) is 11.9 Å². The summed E-state index contributed by atoms with van der Waals surface area (Å²) >= 11 is 3.57. The van der Waals surface area contributed by atoms with E-state index in [2.05, 4.69) is 29.8 Å². The zero-order chi connectivity index (χ0) is 13.6. The lowest BCUT2D eigenvalue weighted by molar-refractivity contribution is 0.101. The molecular formula is C15H21BrO2. The summed E-state index contributed by atoms with van der Waals surface area (Å²) in [6, 6.07) is 7.38. The number of hydrogen-bond donors (Lipinski definition) is 0. The molecule has 0 aromatic heterocycles. The van der Waals surface area contributed by atoms with E-state index in [1.165, 1.54) is 0 Å². The highest BCUT2D eigenvalue weighted by Crippen LogP contribution is 2.30. The van der Waals surface area contributed by atoms with E-state index < -0.39 is 0 Å². The molecule has 0 unspecified atom stereocenters. The normalized spacial score (nSPS) is 11.3. The lowest BCUT2D eigenvalue weighted by atomic mass is 9.86. The minimum atomic E-state index is 0.0678. The molecule has 1 aromatic carbocycles. The Hall–Kier alpha value is -0.830. The van der Waals surface area contributed by atoms with Gasteiger partial charge in [0.2, 0.25) is 0 Å². The van der Waals surface area contributed by atoms with Crippen LogP contribution in [0.3, 0.4) is 0 Å². The molecule has 100 valence electrons. The number of alkyl halides is 1. The van der Waals surface area contributed by atoms with Crippen molar-refractivity contribution in [2.24, 2.45) is 5.41 Å². The molecule has 0 fully saturated rings. The molecule has 2 nitrogen and oxygen atoms in total. The van der Waals surface area contributed by atoms with Crippen LogP contribution in [0.4, 0.5) is 0 Å². The minimum Gasteiger partial charge on any atom is -0.493 e. The first-order valence-electron chi connectivity index (χ1n) is 6.36.